The van der Waals surface area contributed by atoms with Crippen molar-refractivity contribution in [3.05, 3.63) is 36.3 Å². The third-order valence-electron chi connectivity index (χ3n) is 5.60. The number of nitrogens with two attached hydrogens (primary N) is 1. The molecule has 152 valence electrons. The van der Waals surface area contributed by atoms with Gasteiger partial charge in [-0.05, 0) is 49.8 Å². The van der Waals surface area contributed by atoms with E-state index < -0.39 is 0 Å². The zero-order valence-electron chi connectivity index (χ0n) is 16.8. The van der Waals surface area contributed by atoms with Gasteiger partial charge >= 0.3 is 0 Å². The van der Waals surface area contributed by atoms with Gasteiger partial charge in [-0.15, -0.1) is 5.10 Å². The summed E-state index contributed by atoms with van der Waals surface area (Å²) in [5.41, 5.74) is 6.69. The van der Waals surface area contributed by atoms with Crippen molar-refractivity contribution in [3.8, 4) is 11.5 Å². The van der Waals surface area contributed by atoms with Crippen molar-refractivity contribution in [2.45, 2.75) is 25.7 Å². The zero-order chi connectivity index (χ0) is 20.2. The van der Waals surface area contributed by atoms with E-state index in [1.165, 1.54) is 0 Å². The molecule has 8 heteroatoms. The fraction of sp³-hybridized carbons (Fsp3) is 0.429. The second-order valence-corrected chi connectivity index (χ2v) is 7.34. The normalized spacial score (nSPS) is 14.9. The lowest BCUT2D eigenvalue weighted by Gasteiger charge is -2.33. The number of benzene rings is 1. The summed E-state index contributed by atoms with van der Waals surface area (Å²) in [6, 6.07) is 5.88. The van der Waals surface area contributed by atoms with Gasteiger partial charge in [-0.25, -0.2) is 9.97 Å². The van der Waals surface area contributed by atoms with Crippen LogP contribution in [0.25, 0.3) is 10.8 Å². The summed E-state index contributed by atoms with van der Waals surface area (Å²) < 4.78 is 10.9. The first kappa shape index (κ1) is 19.2. The summed E-state index contributed by atoms with van der Waals surface area (Å²) in [5, 5.41) is 10.7. The number of aryl methyl sites for hydroxylation is 1. The average Bonchev–Trinajstić information content (AvgIpc) is 2.76. The van der Waals surface area contributed by atoms with Crippen LogP contribution in [0.3, 0.4) is 0 Å². The molecule has 2 N–H and O–H groups in total. The van der Waals surface area contributed by atoms with Crippen molar-refractivity contribution in [1.29, 1.82) is 0 Å². The van der Waals surface area contributed by atoms with Gasteiger partial charge in [0.05, 0.1) is 20.4 Å². The Balaban J connectivity index is 1.45. The van der Waals surface area contributed by atoms with Gasteiger partial charge < -0.3 is 20.1 Å². The molecule has 0 radical (unpaired) electrons. The summed E-state index contributed by atoms with van der Waals surface area (Å²) in [4.78, 5) is 10.6. The third kappa shape index (κ3) is 4.16. The third-order valence-corrected chi connectivity index (χ3v) is 5.60. The molecule has 1 aromatic carbocycles. The van der Waals surface area contributed by atoms with Gasteiger partial charge in [0, 0.05) is 35.8 Å². The van der Waals surface area contributed by atoms with Crippen LogP contribution >= 0.6 is 0 Å². The molecule has 0 saturated carbocycles. The Hall–Kier alpha value is -3.16. The number of hydrogen-bond donors (Lipinski definition) is 1. The van der Waals surface area contributed by atoms with Gasteiger partial charge in [0.1, 0.15) is 0 Å². The van der Waals surface area contributed by atoms with Gasteiger partial charge in [0.2, 0.25) is 5.95 Å². The van der Waals surface area contributed by atoms with E-state index in [1.807, 2.05) is 18.2 Å². The van der Waals surface area contributed by atoms with Gasteiger partial charge in [0.25, 0.3) is 0 Å². The van der Waals surface area contributed by atoms with Crippen molar-refractivity contribution in [3.63, 3.8) is 0 Å². The maximum Gasteiger partial charge on any atom is 0.220 e. The SMILES string of the molecule is COc1cc2cnnc(N3CCC(CCc4ccnc(N)n4)CC3)c2cc1OC. The summed E-state index contributed by atoms with van der Waals surface area (Å²) in [6.07, 6.45) is 7.76. The van der Waals surface area contributed by atoms with Crippen LogP contribution in [0, 0.1) is 5.92 Å². The van der Waals surface area contributed by atoms with Gasteiger partial charge in [-0.1, -0.05) is 0 Å². The van der Waals surface area contributed by atoms with Crippen LogP contribution < -0.4 is 20.1 Å². The highest BCUT2D eigenvalue weighted by molar-refractivity contribution is 5.94. The summed E-state index contributed by atoms with van der Waals surface area (Å²) >= 11 is 0. The van der Waals surface area contributed by atoms with Crippen LogP contribution in [0.1, 0.15) is 25.0 Å². The van der Waals surface area contributed by atoms with Crippen LogP contribution in [0.15, 0.2) is 30.6 Å². The molecule has 0 unspecified atom stereocenters. The van der Waals surface area contributed by atoms with E-state index >= 15 is 0 Å². The van der Waals surface area contributed by atoms with Crippen LogP contribution in [0.4, 0.5) is 11.8 Å². The Bertz CT molecular complexity index is 988. The Labute approximate surface area is 170 Å². The second-order valence-electron chi connectivity index (χ2n) is 7.34. The predicted octanol–water partition coefficient (Wildman–Crippen LogP) is 2.87. The van der Waals surface area contributed by atoms with E-state index in [9.17, 15) is 0 Å². The molecule has 0 atom stereocenters. The fourth-order valence-corrected chi connectivity index (χ4v) is 3.97. The number of aromatic nitrogens is 4. The summed E-state index contributed by atoms with van der Waals surface area (Å²) in [6.45, 7) is 1.91. The lowest BCUT2D eigenvalue weighted by atomic mass is 9.91. The topological polar surface area (TPSA) is 99.3 Å². The molecule has 2 aromatic heterocycles. The number of hydrogen-bond acceptors (Lipinski definition) is 8. The first-order valence-corrected chi connectivity index (χ1v) is 9.87. The first-order chi connectivity index (χ1) is 14.2. The molecule has 4 rings (SSSR count). The molecule has 1 aliphatic rings. The van der Waals surface area contributed by atoms with Crippen molar-refractivity contribution < 1.29 is 9.47 Å². The minimum absolute atomic E-state index is 0.346. The Morgan fingerprint density at radius 3 is 2.62 bits per heavy atom. The Morgan fingerprint density at radius 2 is 1.90 bits per heavy atom. The predicted molar refractivity (Wildman–Crippen MR) is 112 cm³/mol. The van der Waals surface area contributed by atoms with E-state index in [-0.39, 0.29) is 0 Å². The number of anilines is 2. The molecule has 8 nitrogen and oxygen atoms in total. The number of nitrogens with zero attached hydrogens (tertiary/aromatic N) is 5. The van der Waals surface area contributed by atoms with E-state index in [2.05, 4.69) is 25.1 Å². The van der Waals surface area contributed by atoms with Crippen molar-refractivity contribution in [2.24, 2.45) is 5.92 Å². The zero-order valence-corrected chi connectivity index (χ0v) is 16.8. The highest BCUT2D eigenvalue weighted by Gasteiger charge is 2.22. The number of fused-ring (bicyclic) bond motifs is 1. The quantitative estimate of drug-likeness (QED) is 0.681. The minimum Gasteiger partial charge on any atom is -0.493 e. The second kappa shape index (κ2) is 8.46. The minimum atomic E-state index is 0.346. The summed E-state index contributed by atoms with van der Waals surface area (Å²) in [5.74, 6) is 3.32. The highest BCUT2D eigenvalue weighted by Crippen LogP contribution is 2.36. The lowest BCUT2D eigenvalue weighted by Crippen LogP contribution is -2.34. The molecule has 0 bridgehead atoms. The average molecular weight is 394 g/mol. The van der Waals surface area contributed by atoms with Gasteiger partial charge in [-0.3, -0.25) is 0 Å². The van der Waals surface area contributed by atoms with Gasteiger partial charge in [0.15, 0.2) is 17.3 Å². The van der Waals surface area contributed by atoms with Gasteiger partial charge in [-0.2, -0.15) is 5.10 Å². The van der Waals surface area contributed by atoms with Crippen LogP contribution in [0.2, 0.25) is 0 Å². The number of ether oxygens (including phenoxy) is 2. The van der Waals surface area contributed by atoms with Crippen LogP contribution in [-0.4, -0.2) is 47.5 Å². The molecule has 1 aliphatic heterocycles. The maximum absolute atomic E-state index is 5.68. The van der Waals surface area contributed by atoms with Crippen LogP contribution in [-0.2, 0) is 6.42 Å². The van der Waals surface area contributed by atoms with E-state index in [4.69, 9.17) is 15.2 Å². The number of methoxy groups -OCH3 is 2. The monoisotopic (exact) mass is 394 g/mol. The first-order valence-electron chi connectivity index (χ1n) is 9.87. The molecule has 0 amide bonds. The van der Waals surface area contributed by atoms with Crippen molar-refractivity contribution in [1.82, 2.24) is 20.2 Å². The number of rotatable bonds is 6. The summed E-state index contributed by atoms with van der Waals surface area (Å²) in [7, 11) is 3.29. The molecular formula is C21H26N6O2. The number of nitrogen functional groups attached to an aromatic ring is 1. The van der Waals surface area contributed by atoms with Crippen molar-refractivity contribution in [2.75, 3.05) is 37.9 Å². The standard InChI is InChI=1S/C21H26N6O2/c1-28-18-11-15-13-24-26-20(17(15)12-19(18)29-2)27-9-6-14(7-10-27)3-4-16-5-8-23-21(22)25-16/h5,8,11-14H,3-4,6-7,9-10H2,1-2H3,(H2,22,23,25). The van der Waals surface area contributed by atoms with E-state index in [0.29, 0.717) is 23.4 Å². The molecule has 3 aromatic rings. The Morgan fingerprint density at radius 1 is 1.14 bits per heavy atom. The smallest absolute Gasteiger partial charge is 0.220 e. The molecule has 0 spiro atoms. The molecule has 29 heavy (non-hydrogen) atoms. The fourth-order valence-electron chi connectivity index (χ4n) is 3.97. The van der Waals surface area contributed by atoms with Crippen molar-refractivity contribution >= 4 is 22.5 Å². The molecule has 1 fully saturated rings. The maximum atomic E-state index is 5.68. The largest absolute Gasteiger partial charge is 0.493 e. The Kier molecular flexibility index (Phi) is 5.59. The highest BCUT2D eigenvalue weighted by atomic mass is 16.5. The number of piperidine rings is 1. The van der Waals surface area contributed by atoms with E-state index in [0.717, 1.165) is 61.1 Å². The van der Waals surface area contributed by atoms with E-state index in [1.54, 1.807) is 26.6 Å². The lowest BCUT2D eigenvalue weighted by molar-refractivity contribution is 0.356. The molecule has 1 saturated heterocycles. The molecule has 0 aliphatic carbocycles. The molecule has 3 heterocycles. The van der Waals surface area contributed by atoms with Crippen LogP contribution in [0.5, 0.6) is 11.5 Å². The molecular weight excluding hydrogens is 368 g/mol.